The van der Waals surface area contributed by atoms with Gasteiger partial charge in [0.2, 0.25) is 0 Å². The van der Waals surface area contributed by atoms with Gasteiger partial charge in [0.1, 0.15) is 5.69 Å². The van der Waals surface area contributed by atoms with Crippen molar-refractivity contribution in [3.05, 3.63) is 75.5 Å². The Kier molecular flexibility index (Phi) is 6.80. The molecule has 39 heavy (non-hydrogen) atoms. The van der Waals surface area contributed by atoms with Crippen molar-refractivity contribution in [2.75, 3.05) is 5.32 Å². The van der Waals surface area contributed by atoms with E-state index in [2.05, 4.69) is 36.2 Å². The highest BCUT2D eigenvalue weighted by molar-refractivity contribution is 6.32. The Morgan fingerprint density at radius 1 is 1.15 bits per heavy atom. The predicted octanol–water partition coefficient (Wildman–Crippen LogP) is 3.74. The number of anilines is 1. The second kappa shape index (κ2) is 10.1. The van der Waals surface area contributed by atoms with Gasteiger partial charge >= 0.3 is 6.18 Å². The topological polar surface area (TPSA) is 133 Å². The Bertz CT molecular complexity index is 1580. The molecule has 1 aromatic carbocycles. The number of pyridine rings is 1. The number of amides is 2. The number of hydrogen-bond donors (Lipinski definition) is 2. The lowest BCUT2D eigenvalue weighted by atomic mass is 10.0. The van der Waals surface area contributed by atoms with Gasteiger partial charge in [0.25, 0.3) is 17.6 Å². The first-order chi connectivity index (χ1) is 18.5. The van der Waals surface area contributed by atoms with Crippen LogP contribution in [0.3, 0.4) is 0 Å². The number of tetrazole rings is 1. The van der Waals surface area contributed by atoms with E-state index in [1.54, 1.807) is 19.1 Å². The van der Waals surface area contributed by atoms with Crippen LogP contribution in [0.15, 0.2) is 36.5 Å². The molecular formula is C24H21ClF3N9O2. The third kappa shape index (κ3) is 5.60. The van der Waals surface area contributed by atoms with E-state index in [0.29, 0.717) is 21.5 Å². The second-order valence-corrected chi connectivity index (χ2v) is 9.51. The van der Waals surface area contributed by atoms with Crippen molar-refractivity contribution in [1.82, 2.24) is 40.3 Å². The molecule has 3 aromatic heterocycles. The number of alkyl halides is 3. The number of benzene rings is 1. The van der Waals surface area contributed by atoms with Gasteiger partial charge in [-0.3, -0.25) is 9.59 Å². The molecule has 15 heteroatoms. The molecule has 202 valence electrons. The third-order valence-corrected chi connectivity index (χ3v) is 6.20. The minimum atomic E-state index is -4.79. The zero-order valence-corrected chi connectivity index (χ0v) is 21.4. The van der Waals surface area contributed by atoms with Crippen LogP contribution in [0, 0.1) is 13.8 Å². The van der Waals surface area contributed by atoms with E-state index in [9.17, 15) is 22.8 Å². The number of halogens is 4. The molecule has 5 rings (SSSR count). The van der Waals surface area contributed by atoms with Crippen molar-refractivity contribution in [1.29, 1.82) is 0 Å². The summed E-state index contributed by atoms with van der Waals surface area (Å²) >= 11 is 6.30. The predicted molar refractivity (Wildman–Crippen MR) is 133 cm³/mol. The van der Waals surface area contributed by atoms with E-state index >= 15 is 0 Å². The number of carbonyl (C=O) groups is 2. The molecule has 4 aromatic rings. The van der Waals surface area contributed by atoms with Gasteiger partial charge in [0, 0.05) is 12.2 Å². The molecule has 2 amide bonds. The van der Waals surface area contributed by atoms with Crippen LogP contribution in [-0.2, 0) is 12.7 Å². The summed E-state index contributed by atoms with van der Waals surface area (Å²) < 4.78 is 41.5. The first-order valence-corrected chi connectivity index (χ1v) is 12.2. The Labute approximate surface area is 224 Å². The number of aromatic nitrogens is 7. The molecule has 2 N–H and O–H groups in total. The summed E-state index contributed by atoms with van der Waals surface area (Å²) in [6, 6.07) is 7.99. The van der Waals surface area contributed by atoms with Crippen LogP contribution in [-0.4, -0.2) is 52.8 Å². The van der Waals surface area contributed by atoms with E-state index in [1.165, 1.54) is 18.3 Å². The minimum absolute atomic E-state index is 0.0343. The number of aryl methyl sites for hydroxylation is 2. The van der Waals surface area contributed by atoms with E-state index in [4.69, 9.17) is 11.6 Å². The summed E-state index contributed by atoms with van der Waals surface area (Å²) in [7, 11) is 0. The van der Waals surface area contributed by atoms with Gasteiger partial charge in [-0.2, -0.15) is 18.3 Å². The van der Waals surface area contributed by atoms with Gasteiger partial charge < -0.3 is 10.6 Å². The average molecular weight is 560 g/mol. The van der Waals surface area contributed by atoms with Crippen molar-refractivity contribution in [3.63, 3.8) is 0 Å². The number of carbonyl (C=O) groups excluding carboxylic acids is 2. The van der Waals surface area contributed by atoms with Crippen molar-refractivity contribution in [2.45, 2.75) is 45.5 Å². The van der Waals surface area contributed by atoms with Crippen LogP contribution >= 0.6 is 11.6 Å². The second-order valence-electron chi connectivity index (χ2n) is 9.11. The molecule has 11 nitrogen and oxygen atoms in total. The molecule has 1 aliphatic carbocycles. The van der Waals surface area contributed by atoms with Crippen molar-refractivity contribution < 1.29 is 22.8 Å². The van der Waals surface area contributed by atoms with E-state index in [-0.39, 0.29) is 34.2 Å². The molecule has 0 spiro atoms. The van der Waals surface area contributed by atoms with Crippen LogP contribution < -0.4 is 10.6 Å². The molecule has 0 saturated heterocycles. The normalized spacial score (nSPS) is 13.4. The molecule has 3 heterocycles. The fourth-order valence-electron chi connectivity index (χ4n) is 4.01. The molecule has 0 aliphatic heterocycles. The summed E-state index contributed by atoms with van der Waals surface area (Å²) in [5.41, 5.74) is 2.02. The number of nitrogens with one attached hydrogen (secondary N) is 2. The number of rotatable bonds is 7. The highest BCUT2D eigenvalue weighted by Crippen LogP contribution is 2.29. The summed E-state index contributed by atoms with van der Waals surface area (Å²) in [5, 5.41) is 19.7. The lowest BCUT2D eigenvalue weighted by Gasteiger charge is -2.16. The fourth-order valence-corrected chi connectivity index (χ4v) is 4.21. The summed E-state index contributed by atoms with van der Waals surface area (Å²) in [6.07, 6.45) is -1.58. The van der Waals surface area contributed by atoms with Crippen LogP contribution in [0.5, 0.6) is 0 Å². The SMILES string of the molecule is Cc1cc(C)c(NC(=O)c2cc(Cn3nnnc3C(F)(F)F)nn2-c2ncccc2Cl)c(C(=O)NC2CC2)c1. The zero-order valence-electron chi connectivity index (χ0n) is 20.6. The van der Waals surface area contributed by atoms with Gasteiger partial charge in [0.15, 0.2) is 5.82 Å². The van der Waals surface area contributed by atoms with Gasteiger partial charge in [-0.25, -0.2) is 14.3 Å². The summed E-state index contributed by atoms with van der Waals surface area (Å²) in [6.45, 7) is 3.11. The zero-order chi connectivity index (χ0) is 27.9. The molecule has 1 fully saturated rings. The maximum absolute atomic E-state index is 13.6. The standard InChI is InChI=1S/C24H21ClF3N9O2/c1-12-8-13(2)19(16(9-12)21(38)30-14-5-6-14)31-22(39)18-10-15(11-36-23(24(26,27)28)32-34-35-36)33-37(18)20-17(25)4-3-7-29-20/h3-4,7-10,14H,5-6,11H2,1-2H3,(H,30,38)(H,31,39). The molecule has 1 aliphatic rings. The first-order valence-electron chi connectivity index (χ1n) is 11.8. The molecular weight excluding hydrogens is 539 g/mol. The van der Waals surface area contributed by atoms with E-state index in [0.717, 1.165) is 23.1 Å². The number of nitrogens with zero attached hydrogens (tertiary/aromatic N) is 7. The smallest absolute Gasteiger partial charge is 0.349 e. The maximum atomic E-state index is 13.6. The van der Waals surface area contributed by atoms with Gasteiger partial charge in [0.05, 0.1) is 28.5 Å². The first kappa shape index (κ1) is 26.3. The Morgan fingerprint density at radius 2 is 1.92 bits per heavy atom. The highest BCUT2D eigenvalue weighted by atomic mass is 35.5. The van der Waals surface area contributed by atoms with Crippen LogP contribution in [0.1, 0.15) is 56.3 Å². The molecule has 0 radical (unpaired) electrons. The lowest BCUT2D eigenvalue weighted by Crippen LogP contribution is -2.28. The monoisotopic (exact) mass is 559 g/mol. The van der Waals surface area contributed by atoms with Gasteiger partial charge in [-0.05, 0) is 72.5 Å². The minimum Gasteiger partial charge on any atom is -0.349 e. The molecule has 1 saturated carbocycles. The van der Waals surface area contributed by atoms with E-state index in [1.807, 2.05) is 13.0 Å². The van der Waals surface area contributed by atoms with Crippen LogP contribution in [0.4, 0.5) is 18.9 Å². The third-order valence-electron chi connectivity index (χ3n) is 5.91. The van der Waals surface area contributed by atoms with E-state index < -0.39 is 24.5 Å². The Hall–Kier alpha value is -4.33. The van der Waals surface area contributed by atoms with Crippen LogP contribution in [0.25, 0.3) is 5.82 Å². The number of hydrogen-bond acceptors (Lipinski definition) is 7. The quantitative estimate of drug-likeness (QED) is 0.352. The summed E-state index contributed by atoms with van der Waals surface area (Å²) in [5.74, 6) is -2.24. The lowest BCUT2D eigenvalue weighted by molar-refractivity contribution is -0.147. The molecule has 0 atom stereocenters. The summed E-state index contributed by atoms with van der Waals surface area (Å²) in [4.78, 5) is 30.7. The van der Waals surface area contributed by atoms with Crippen molar-refractivity contribution in [3.8, 4) is 5.82 Å². The van der Waals surface area contributed by atoms with Gasteiger partial charge in [-0.1, -0.05) is 17.7 Å². The van der Waals surface area contributed by atoms with Crippen molar-refractivity contribution in [2.24, 2.45) is 0 Å². The Balaban J connectivity index is 1.53. The highest BCUT2D eigenvalue weighted by Gasteiger charge is 2.38. The van der Waals surface area contributed by atoms with Gasteiger partial charge in [-0.15, -0.1) is 5.10 Å². The maximum Gasteiger partial charge on any atom is 0.453 e. The largest absolute Gasteiger partial charge is 0.453 e. The van der Waals surface area contributed by atoms with Crippen molar-refractivity contribution >= 4 is 29.1 Å². The Morgan fingerprint density at radius 3 is 2.62 bits per heavy atom. The molecule has 0 unspecified atom stereocenters. The fraction of sp³-hybridized carbons (Fsp3) is 0.292. The molecule has 0 bridgehead atoms. The average Bonchev–Trinajstić information content (AvgIpc) is 3.37. The van der Waals surface area contributed by atoms with Crippen LogP contribution in [0.2, 0.25) is 5.02 Å².